The van der Waals surface area contributed by atoms with E-state index in [1.807, 2.05) is 84.6 Å². The Morgan fingerprint density at radius 1 is 1.00 bits per heavy atom. The van der Waals surface area contributed by atoms with Crippen molar-refractivity contribution in [3.63, 3.8) is 0 Å². The van der Waals surface area contributed by atoms with Crippen LogP contribution < -0.4 is 5.56 Å². The van der Waals surface area contributed by atoms with Crippen molar-refractivity contribution in [2.45, 2.75) is 37.5 Å². The van der Waals surface area contributed by atoms with E-state index in [9.17, 15) is 9.59 Å². The topological polar surface area (TPSA) is 73.0 Å². The number of benzene rings is 3. The van der Waals surface area contributed by atoms with Crippen LogP contribution in [-0.4, -0.2) is 42.4 Å². The smallest absolute Gasteiger partial charge is 0.265 e. The summed E-state index contributed by atoms with van der Waals surface area (Å²) in [6, 6.07) is 28.0. The average molecular weight is 536 g/mol. The number of hydrogen-bond acceptors (Lipinski definition) is 5. The summed E-state index contributed by atoms with van der Waals surface area (Å²) in [5.74, 6) is 0.673. The van der Waals surface area contributed by atoms with Gasteiger partial charge in [0.2, 0.25) is 5.91 Å². The molecule has 0 radical (unpaired) electrons. The Morgan fingerprint density at radius 3 is 2.49 bits per heavy atom. The summed E-state index contributed by atoms with van der Waals surface area (Å²) in [4.78, 5) is 34.1. The van der Waals surface area contributed by atoms with E-state index in [0.717, 1.165) is 23.2 Å². The fourth-order valence-corrected chi connectivity index (χ4v) is 6.20. The molecule has 0 spiro atoms. The number of aromatic nitrogens is 4. The van der Waals surface area contributed by atoms with Crippen LogP contribution in [0.15, 0.2) is 101 Å². The van der Waals surface area contributed by atoms with E-state index in [2.05, 4.69) is 17.2 Å². The molecule has 0 saturated carbocycles. The van der Waals surface area contributed by atoms with Gasteiger partial charge in [0.25, 0.3) is 5.56 Å². The Hall–Kier alpha value is -4.17. The lowest BCUT2D eigenvalue weighted by Crippen LogP contribution is -2.35. The molecule has 3 aromatic carbocycles. The highest BCUT2D eigenvalue weighted by Gasteiger charge is 2.31. The first-order valence-corrected chi connectivity index (χ1v) is 14.1. The molecule has 196 valence electrons. The summed E-state index contributed by atoms with van der Waals surface area (Å²) in [5, 5.41) is 5.58. The SMILES string of the molecule is Cc1cccc(-n2ncc3c(=O)n4c(nc32)SCC4CC(=O)N(CCc2ccccc2)Cc2ccccc2)c1. The van der Waals surface area contributed by atoms with Crippen LogP contribution in [0.5, 0.6) is 0 Å². The van der Waals surface area contributed by atoms with Crippen LogP contribution >= 0.6 is 11.8 Å². The van der Waals surface area contributed by atoms with Crippen LogP contribution in [0.1, 0.15) is 29.2 Å². The lowest BCUT2D eigenvalue weighted by molar-refractivity contribution is -0.132. The van der Waals surface area contributed by atoms with Crippen molar-refractivity contribution in [3.05, 3.63) is 118 Å². The third kappa shape index (κ3) is 5.25. The average Bonchev–Trinajstić information content (AvgIpc) is 3.57. The Labute approximate surface area is 231 Å². The van der Waals surface area contributed by atoms with E-state index < -0.39 is 0 Å². The van der Waals surface area contributed by atoms with Gasteiger partial charge in [-0.15, -0.1) is 0 Å². The number of hydrogen-bond donors (Lipinski definition) is 0. The number of aryl methyl sites for hydroxylation is 1. The van der Waals surface area contributed by atoms with E-state index in [1.54, 1.807) is 15.4 Å². The van der Waals surface area contributed by atoms with Crippen molar-refractivity contribution in [1.29, 1.82) is 0 Å². The van der Waals surface area contributed by atoms with Gasteiger partial charge in [-0.1, -0.05) is 84.6 Å². The Bertz CT molecular complexity index is 1680. The standard InChI is InChI=1S/C31H29N5O2S/c1-22-9-8-14-25(17-22)36-29-27(19-32-36)30(38)35-26(21-39-31(35)33-29)18-28(37)34(20-24-12-6-3-7-13-24)16-15-23-10-4-2-5-11-23/h2-14,17,19,26H,15-16,18,20-21H2,1H3. The van der Waals surface area contributed by atoms with Crippen LogP contribution in [0.3, 0.4) is 0 Å². The Balaban J connectivity index is 1.26. The third-order valence-corrected chi connectivity index (χ3v) is 8.21. The Morgan fingerprint density at radius 2 is 1.74 bits per heavy atom. The molecule has 7 nitrogen and oxygen atoms in total. The summed E-state index contributed by atoms with van der Waals surface area (Å²) in [6.45, 7) is 3.17. The van der Waals surface area contributed by atoms with Crippen LogP contribution in [0.4, 0.5) is 0 Å². The molecule has 3 heterocycles. The lowest BCUT2D eigenvalue weighted by Gasteiger charge is -2.25. The van der Waals surface area contributed by atoms with Gasteiger partial charge in [0.05, 0.1) is 17.9 Å². The van der Waals surface area contributed by atoms with Crippen LogP contribution in [-0.2, 0) is 17.8 Å². The normalized spacial score (nSPS) is 14.4. The molecule has 0 saturated heterocycles. The van der Waals surface area contributed by atoms with Crippen molar-refractivity contribution in [2.24, 2.45) is 0 Å². The number of thioether (sulfide) groups is 1. The quantitative estimate of drug-likeness (QED) is 0.256. The maximum absolute atomic E-state index is 13.7. The van der Waals surface area contributed by atoms with Crippen LogP contribution in [0.25, 0.3) is 16.7 Å². The molecule has 2 aromatic heterocycles. The van der Waals surface area contributed by atoms with Gasteiger partial charge >= 0.3 is 0 Å². The number of rotatable bonds is 8. The van der Waals surface area contributed by atoms with Crippen molar-refractivity contribution in [3.8, 4) is 5.69 Å². The molecule has 1 atom stereocenters. The van der Waals surface area contributed by atoms with Gasteiger partial charge in [0.1, 0.15) is 5.39 Å². The van der Waals surface area contributed by atoms with Crippen molar-refractivity contribution in [1.82, 2.24) is 24.2 Å². The monoisotopic (exact) mass is 535 g/mol. The number of fused-ring (bicyclic) bond motifs is 2. The molecular weight excluding hydrogens is 506 g/mol. The molecule has 0 aliphatic carbocycles. The number of carbonyl (C=O) groups excluding carboxylic acids is 1. The Kier molecular flexibility index (Phi) is 7.02. The van der Waals surface area contributed by atoms with E-state index in [0.29, 0.717) is 35.0 Å². The number of nitrogens with zero attached hydrogens (tertiary/aromatic N) is 5. The van der Waals surface area contributed by atoms with Gasteiger partial charge in [0, 0.05) is 25.3 Å². The first-order valence-electron chi connectivity index (χ1n) is 13.1. The molecule has 39 heavy (non-hydrogen) atoms. The zero-order valence-corrected chi connectivity index (χ0v) is 22.6. The molecule has 0 N–H and O–H groups in total. The molecular formula is C31H29N5O2S. The number of amides is 1. The minimum atomic E-state index is -0.251. The predicted molar refractivity (Wildman–Crippen MR) is 154 cm³/mol. The largest absolute Gasteiger partial charge is 0.338 e. The molecule has 1 amide bonds. The second kappa shape index (κ2) is 10.9. The second-order valence-electron chi connectivity index (χ2n) is 9.91. The summed E-state index contributed by atoms with van der Waals surface area (Å²) in [5.41, 5.74) is 4.66. The molecule has 1 unspecified atom stereocenters. The van der Waals surface area contributed by atoms with Gasteiger partial charge in [-0.3, -0.25) is 14.2 Å². The molecule has 1 aliphatic heterocycles. The van der Waals surface area contributed by atoms with E-state index in [4.69, 9.17) is 4.98 Å². The summed E-state index contributed by atoms with van der Waals surface area (Å²) >= 11 is 1.52. The molecule has 6 rings (SSSR count). The lowest BCUT2D eigenvalue weighted by atomic mass is 10.1. The fraction of sp³-hybridized carbons (Fsp3) is 0.226. The van der Waals surface area contributed by atoms with E-state index >= 15 is 0 Å². The molecule has 5 aromatic rings. The fourth-order valence-electron chi connectivity index (χ4n) is 5.06. The second-order valence-corrected chi connectivity index (χ2v) is 10.9. The zero-order valence-electron chi connectivity index (χ0n) is 21.7. The predicted octanol–water partition coefficient (Wildman–Crippen LogP) is 5.20. The minimum absolute atomic E-state index is 0.0377. The van der Waals surface area contributed by atoms with Gasteiger partial charge in [-0.25, -0.2) is 9.67 Å². The maximum Gasteiger partial charge on any atom is 0.265 e. The van der Waals surface area contributed by atoms with Crippen molar-refractivity contribution in [2.75, 3.05) is 12.3 Å². The summed E-state index contributed by atoms with van der Waals surface area (Å²) < 4.78 is 3.42. The first kappa shape index (κ1) is 25.1. The van der Waals surface area contributed by atoms with E-state index in [-0.39, 0.29) is 23.9 Å². The highest BCUT2D eigenvalue weighted by molar-refractivity contribution is 7.99. The molecule has 0 fully saturated rings. The summed E-state index contributed by atoms with van der Waals surface area (Å²) in [7, 11) is 0. The van der Waals surface area contributed by atoms with E-state index in [1.165, 1.54) is 17.3 Å². The molecule has 8 heteroatoms. The summed E-state index contributed by atoms with van der Waals surface area (Å²) in [6.07, 6.45) is 2.61. The first-order chi connectivity index (χ1) is 19.1. The number of carbonyl (C=O) groups is 1. The zero-order chi connectivity index (χ0) is 26.8. The highest BCUT2D eigenvalue weighted by atomic mass is 32.2. The van der Waals surface area contributed by atoms with Crippen molar-refractivity contribution < 1.29 is 4.79 Å². The maximum atomic E-state index is 13.7. The van der Waals surface area contributed by atoms with Crippen molar-refractivity contribution >= 4 is 28.7 Å². The third-order valence-electron chi connectivity index (χ3n) is 7.11. The van der Waals surface area contributed by atoms with Crippen LogP contribution in [0.2, 0.25) is 0 Å². The van der Waals surface area contributed by atoms with Gasteiger partial charge in [-0.05, 0) is 42.2 Å². The molecule has 1 aliphatic rings. The van der Waals surface area contributed by atoms with Gasteiger partial charge in [-0.2, -0.15) is 5.10 Å². The highest BCUT2D eigenvalue weighted by Crippen LogP contribution is 2.34. The van der Waals surface area contributed by atoms with Gasteiger partial charge in [0.15, 0.2) is 10.8 Å². The minimum Gasteiger partial charge on any atom is -0.338 e. The van der Waals surface area contributed by atoms with Crippen LogP contribution in [0, 0.1) is 6.92 Å². The molecule has 0 bridgehead atoms. The van der Waals surface area contributed by atoms with Gasteiger partial charge < -0.3 is 4.90 Å².